The molecule has 0 aromatic heterocycles. The zero-order chi connectivity index (χ0) is 10.3. The van der Waals surface area contributed by atoms with Gasteiger partial charge in [0.2, 0.25) is 0 Å². The molecule has 3 rings (SSSR count). The van der Waals surface area contributed by atoms with Crippen LogP contribution in [0.15, 0.2) is 18.2 Å². The first-order valence-electron chi connectivity index (χ1n) is 5.91. The summed E-state index contributed by atoms with van der Waals surface area (Å²) in [6.45, 7) is 0. The van der Waals surface area contributed by atoms with Crippen LogP contribution >= 0.6 is 0 Å². The SMILES string of the molecule is Oc1ccc2c(c1)C(NC1CC1)CCC2. The van der Waals surface area contributed by atoms with Crippen LogP contribution in [-0.2, 0) is 6.42 Å². The second kappa shape index (κ2) is 3.53. The van der Waals surface area contributed by atoms with Crippen LogP contribution in [0.2, 0.25) is 0 Å². The molecule has 1 unspecified atom stereocenters. The van der Waals surface area contributed by atoms with Crippen LogP contribution in [0.5, 0.6) is 5.75 Å². The van der Waals surface area contributed by atoms with Gasteiger partial charge in [-0.25, -0.2) is 0 Å². The third-order valence-electron chi connectivity index (χ3n) is 3.46. The van der Waals surface area contributed by atoms with Gasteiger partial charge in [-0.1, -0.05) is 6.07 Å². The van der Waals surface area contributed by atoms with Gasteiger partial charge in [-0.05, 0) is 55.4 Å². The van der Waals surface area contributed by atoms with Crippen LogP contribution in [0.3, 0.4) is 0 Å². The van der Waals surface area contributed by atoms with Gasteiger partial charge >= 0.3 is 0 Å². The van der Waals surface area contributed by atoms with E-state index in [1.807, 2.05) is 6.07 Å². The van der Waals surface area contributed by atoms with Gasteiger partial charge in [0.15, 0.2) is 0 Å². The molecule has 1 aromatic carbocycles. The monoisotopic (exact) mass is 203 g/mol. The van der Waals surface area contributed by atoms with Crippen molar-refractivity contribution in [3.63, 3.8) is 0 Å². The Morgan fingerprint density at radius 2 is 2.07 bits per heavy atom. The summed E-state index contributed by atoms with van der Waals surface area (Å²) in [6.07, 6.45) is 6.29. The van der Waals surface area contributed by atoms with Crippen molar-refractivity contribution in [2.24, 2.45) is 0 Å². The number of fused-ring (bicyclic) bond motifs is 1. The molecule has 0 bridgehead atoms. The van der Waals surface area contributed by atoms with Crippen molar-refractivity contribution in [1.82, 2.24) is 5.32 Å². The lowest BCUT2D eigenvalue weighted by molar-refractivity contribution is 0.444. The highest BCUT2D eigenvalue weighted by molar-refractivity contribution is 5.38. The van der Waals surface area contributed by atoms with Crippen molar-refractivity contribution >= 4 is 0 Å². The highest BCUT2D eigenvalue weighted by Gasteiger charge is 2.28. The van der Waals surface area contributed by atoms with Gasteiger partial charge in [-0.2, -0.15) is 0 Å². The zero-order valence-electron chi connectivity index (χ0n) is 8.87. The molecule has 0 radical (unpaired) electrons. The molecule has 0 spiro atoms. The normalized spacial score (nSPS) is 24.9. The summed E-state index contributed by atoms with van der Waals surface area (Å²) in [5.41, 5.74) is 2.74. The van der Waals surface area contributed by atoms with Crippen LogP contribution < -0.4 is 5.32 Å². The Kier molecular flexibility index (Phi) is 2.17. The minimum absolute atomic E-state index is 0.401. The second-order valence-electron chi connectivity index (χ2n) is 4.77. The van der Waals surface area contributed by atoms with E-state index in [9.17, 15) is 5.11 Å². The Bertz CT molecular complexity index is 371. The quantitative estimate of drug-likeness (QED) is 0.774. The Hall–Kier alpha value is -1.02. The van der Waals surface area contributed by atoms with Gasteiger partial charge in [0, 0.05) is 12.1 Å². The molecule has 0 saturated heterocycles. The average molecular weight is 203 g/mol. The predicted molar refractivity (Wildman–Crippen MR) is 59.9 cm³/mol. The largest absolute Gasteiger partial charge is 0.508 e. The number of nitrogens with one attached hydrogen (secondary N) is 1. The molecule has 80 valence electrons. The topological polar surface area (TPSA) is 32.3 Å². The molecule has 1 fully saturated rings. The molecule has 0 heterocycles. The third-order valence-corrected chi connectivity index (χ3v) is 3.46. The van der Waals surface area contributed by atoms with Crippen molar-refractivity contribution in [2.75, 3.05) is 0 Å². The fourth-order valence-corrected chi connectivity index (χ4v) is 2.49. The predicted octanol–water partition coefficient (Wildman–Crippen LogP) is 2.52. The Morgan fingerprint density at radius 3 is 2.87 bits per heavy atom. The molecular weight excluding hydrogens is 186 g/mol. The molecule has 1 atom stereocenters. The van der Waals surface area contributed by atoms with E-state index in [1.165, 1.54) is 43.2 Å². The van der Waals surface area contributed by atoms with Gasteiger partial charge in [0.25, 0.3) is 0 Å². The summed E-state index contributed by atoms with van der Waals surface area (Å²) >= 11 is 0. The molecule has 1 aromatic rings. The zero-order valence-corrected chi connectivity index (χ0v) is 8.87. The van der Waals surface area contributed by atoms with E-state index in [2.05, 4.69) is 11.4 Å². The van der Waals surface area contributed by atoms with Crippen molar-refractivity contribution in [2.45, 2.75) is 44.2 Å². The maximum absolute atomic E-state index is 9.53. The van der Waals surface area contributed by atoms with Crippen molar-refractivity contribution in [3.05, 3.63) is 29.3 Å². The summed E-state index contributed by atoms with van der Waals surface area (Å²) in [6, 6.07) is 7.04. The molecule has 2 nitrogen and oxygen atoms in total. The van der Waals surface area contributed by atoms with Gasteiger partial charge < -0.3 is 10.4 Å². The lowest BCUT2D eigenvalue weighted by atomic mass is 9.87. The first-order valence-corrected chi connectivity index (χ1v) is 5.91. The minimum atomic E-state index is 0.401. The summed E-state index contributed by atoms with van der Waals surface area (Å²) < 4.78 is 0. The van der Waals surface area contributed by atoms with Crippen LogP contribution in [0.1, 0.15) is 42.9 Å². The lowest BCUT2D eigenvalue weighted by Gasteiger charge is -2.26. The smallest absolute Gasteiger partial charge is 0.115 e. The molecule has 1 saturated carbocycles. The number of phenolic OH excluding ortho intramolecular Hbond substituents is 1. The van der Waals surface area contributed by atoms with Crippen LogP contribution in [0.4, 0.5) is 0 Å². The second-order valence-corrected chi connectivity index (χ2v) is 4.77. The first kappa shape index (κ1) is 9.22. The van der Waals surface area contributed by atoms with E-state index in [0.717, 1.165) is 6.04 Å². The lowest BCUT2D eigenvalue weighted by Crippen LogP contribution is -2.26. The number of aryl methyl sites for hydroxylation is 1. The van der Waals surface area contributed by atoms with E-state index in [-0.39, 0.29) is 0 Å². The molecule has 15 heavy (non-hydrogen) atoms. The Morgan fingerprint density at radius 1 is 1.20 bits per heavy atom. The molecule has 2 aliphatic carbocycles. The van der Waals surface area contributed by atoms with E-state index < -0.39 is 0 Å². The van der Waals surface area contributed by atoms with Gasteiger partial charge in [-0.15, -0.1) is 0 Å². The van der Waals surface area contributed by atoms with Crippen LogP contribution in [-0.4, -0.2) is 11.1 Å². The number of hydrogen-bond acceptors (Lipinski definition) is 2. The van der Waals surface area contributed by atoms with Crippen molar-refractivity contribution in [1.29, 1.82) is 0 Å². The number of aromatic hydroxyl groups is 1. The Balaban J connectivity index is 1.89. The molecular formula is C13H17NO. The molecule has 0 amide bonds. The molecule has 2 aliphatic rings. The van der Waals surface area contributed by atoms with Crippen molar-refractivity contribution in [3.8, 4) is 5.75 Å². The van der Waals surface area contributed by atoms with E-state index in [0.29, 0.717) is 11.8 Å². The third kappa shape index (κ3) is 1.86. The minimum Gasteiger partial charge on any atom is -0.508 e. The van der Waals surface area contributed by atoms with Crippen molar-refractivity contribution < 1.29 is 5.11 Å². The fourth-order valence-electron chi connectivity index (χ4n) is 2.49. The van der Waals surface area contributed by atoms with Crippen LogP contribution in [0.25, 0.3) is 0 Å². The van der Waals surface area contributed by atoms with E-state index in [1.54, 1.807) is 6.07 Å². The van der Waals surface area contributed by atoms with E-state index in [4.69, 9.17) is 0 Å². The van der Waals surface area contributed by atoms with E-state index >= 15 is 0 Å². The fraction of sp³-hybridized carbons (Fsp3) is 0.538. The van der Waals surface area contributed by atoms with Gasteiger partial charge in [0.1, 0.15) is 5.75 Å². The summed E-state index contributed by atoms with van der Waals surface area (Å²) in [5, 5.41) is 13.2. The number of phenols is 1. The Labute approximate surface area is 90.3 Å². The van der Waals surface area contributed by atoms with Gasteiger partial charge in [-0.3, -0.25) is 0 Å². The molecule has 2 heteroatoms. The first-order chi connectivity index (χ1) is 7.33. The standard InChI is InChI=1S/C13H17NO/c15-11-7-4-9-2-1-3-13(12(9)8-11)14-10-5-6-10/h4,7-8,10,13-15H,1-3,5-6H2. The highest BCUT2D eigenvalue weighted by atomic mass is 16.3. The maximum Gasteiger partial charge on any atom is 0.115 e. The maximum atomic E-state index is 9.53. The highest BCUT2D eigenvalue weighted by Crippen LogP contribution is 2.34. The number of benzene rings is 1. The van der Waals surface area contributed by atoms with Crippen LogP contribution in [0, 0.1) is 0 Å². The number of rotatable bonds is 2. The summed E-state index contributed by atoms with van der Waals surface area (Å²) in [4.78, 5) is 0. The molecule has 2 N–H and O–H groups in total. The number of hydrogen-bond donors (Lipinski definition) is 2. The summed E-state index contributed by atoms with van der Waals surface area (Å²) in [7, 11) is 0. The van der Waals surface area contributed by atoms with Gasteiger partial charge in [0.05, 0.1) is 0 Å². The average Bonchev–Trinajstić information content (AvgIpc) is 3.03. The molecule has 0 aliphatic heterocycles. The summed E-state index contributed by atoms with van der Waals surface area (Å²) in [5.74, 6) is 0.401.